The van der Waals surface area contributed by atoms with Crippen LogP contribution in [0.3, 0.4) is 0 Å². The Morgan fingerprint density at radius 3 is 2.29 bits per heavy atom. The quantitative estimate of drug-likeness (QED) is 0.563. The molecule has 24 heavy (non-hydrogen) atoms. The van der Waals surface area contributed by atoms with E-state index < -0.39 is 12.0 Å². The van der Waals surface area contributed by atoms with Crippen LogP contribution in [-0.4, -0.2) is 16.2 Å². The third kappa shape index (κ3) is 3.30. The van der Waals surface area contributed by atoms with Crippen molar-refractivity contribution in [3.05, 3.63) is 59.4 Å². The molecule has 0 aliphatic heterocycles. The van der Waals surface area contributed by atoms with Gasteiger partial charge in [0.05, 0.1) is 11.4 Å². The lowest BCUT2D eigenvalue weighted by Gasteiger charge is -2.06. The predicted molar refractivity (Wildman–Crippen MR) is 91.3 cm³/mol. The number of thioether (sulfide) groups is 1. The molecule has 1 heterocycles. The van der Waals surface area contributed by atoms with Crippen molar-refractivity contribution in [2.45, 2.75) is 11.1 Å². The van der Waals surface area contributed by atoms with Gasteiger partial charge in [0.15, 0.2) is 0 Å². The van der Waals surface area contributed by atoms with E-state index in [-0.39, 0.29) is 11.4 Å². The first-order valence-electron chi connectivity index (χ1n) is 6.96. The highest BCUT2D eigenvalue weighted by molar-refractivity contribution is 7.98. The van der Waals surface area contributed by atoms with E-state index in [9.17, 15) is 13.2 Å². The van der Waals surface area contributed by atoms with Crippen LogP contribution in [-0.2, 0) is 6.18 Å². The molecule has 1 N–H and O–H groups in total. The molecule has 124 valence electrons. The van der Waals surface area contributed by atoms with E-state index in [0.29, 0.717) is 16.1 Å². The van der Waals surface area contributed by atoms with Crippen molar-refractivity contribution >= 4 is 23.4 Å². The fourth-order valence-corrected chi connectivity index (χ4v) is 2.96. The molecule has 0 amide bonds. The fraction of sp³-hybridized carbons (Fsp3) is 0.118. The summed E-state index contributed by atoms with van der Waals surface area (Å²) in [4.78, 5) is 7.18. The van der Waals surface area contributed by atoms with Crippen molar-refractivity contribution in [2.75, 3.05) is 6.26 Å². The van der Waals surface area contributed by atoms with Crippen molar-refractivity contribution < 1.29 is 13.2 Å². The molecule has 0 fully saturated rings. The molecule has 0 spiro atoms. The third-order valence-electron chi connectivity index (χ3n) is 3.48. The zero-order valence-electron chi connectivity index (χ0n) is 12.5. The molecule has 7 heteroatoms. The normalized spacial score (nSPS) is 11.7. The number of H-pyrrole nitrogens is 1. The maximum atomic E-state index is 13.1. The number of aromatic amines is 1. The number of nitrogens with one attached hydrogen (secondary N) is 1. The van der Waals surface area contributed by atoms with Gasteiger partial charge in [-0.05, 0) is 24.5 Å². The number of benzene rings is 2. The minimum Gasteiger partial charge on any atom is -0.334 e. The number of aromatic nitrogens is 2. The highest BCUT2D eigenvalue weighted by atomic mass is 35.5. The van der Waals surface area contributed by atoms with E-state index in [0.717, 1.165) is 4.90 Å². The van der Waals surface area contributed by atoms with E-state index >= 15 is 0 Å². The summed E-state index contributed by atoms with van der Waals surface area (Å²) in [6.07, 6.45) is -2.63. The van der Waals surface area contributed by atoms with Crippen molar-refractivity contribution in [3.63, 3.8) is 0 Å². The molecule has 0 radical (unpaired) electrons. The van der Waals surface area contributed by atoms with E-state index in [2.05, 4.69) is 9.97 Å². The van der Waals surface area contributed by atoms with Gasteiger partial charge in [0.25, 0.3) is 0 Å². The van der Waals surface area contributed by atoms with Gasteiger partial charge < -0.3 is 4.98 Å². The average Bonchev–Trinajstić information content (AvgIpc) is 3.01. The molecule has 0 unspecified atom stereocenters. The van der Waals surface area contributed by atoms with Crippen LogP contribution in [0.2, 0.25) is 5.02 Å². The van der Waals surface area contributed by atoms with Crippen LogP contribution in [0.5, 0.6) is 0 Å². The largest absolute Gasteiger partial charge is 0.449 e. The molecule has 0 aliphatic rings. The Hall–Kier alpha value is -1.92. The molecular weight excluding hydrogens is 357 g/mol. The van der Waals surface area contributed by atoms with Gasteiger partial charge >= 0.3 is 6.18 Å². The van der Waals surface area contributed by atoms with Crippen LogP contribution in [0.4, 0.5) is 13.2 Å². The van der Waals surface area contributed by atoms with Gasteiger partial charge in [0, 0.05) is 21.0 Å². The standard InChI is InChI=1S/C17H12ClF3N2S/c1-24-11-8-6-10(7-9-11)14-15(12-4-2-3-5-13(12)18)23-16(22-14)17(19,20)21/h2-9H,1H3,(H,22,23). The number of hydrogen-bond donors (Lipinski definition) is 1. The topological polar surface area (TPSA) is 28.7 Å². The third-order valence-corrected chi connectivity index (χ3v) is 4.55. The molecule has 0 atom stereocenters. The van der Waals surface area contributed by atoms with Gasteiger partial charge in [0.2, 0.25) is 5.82 Å². The number of alkyl halides is 3. The molecule has 3 rings (SSSR count). The SMILES string of the molecule is CSc1ccc(-c2nc(C(F)(F)F)[nH]c2-c2ccccc2Cl)cc1. The van der Waals surface area contributed by atoms with Crippen molar-refractivity contribution in [2.24, 2.45) is 0 Å². The summed E-state index contributed by atoms with van der Waals surface area (Å²) in [5.74, 6) is -1.04. The van der Waals surface area contributed by atoms with E-state index in [1.54, 1.807) is 48.2 Å². The van der Waals surface area contributed by atoms with Crippen molar-refractivity contribution in [3.8, 4) is 22.5 Å². The van der Waals surface area contributed by atoms with Gasteiger partial charge in [-0.15, -0.1) is 11.8 Å². The second kappa shape index (κ2) is 6.53. The summed E-state index contributed by atoms with van der Waals surface area (Å²) in [6.45, 7) is 0. The van der Waals surface area contributed by atoms with Crippen LogP contribution < -0.4 is 0 Å². The minimum atomic E-state index is -4.56. The number of nitrogens with zero attached hydrogens (tertiary/aromatic N) is 1. The Kier molecular flexibility index (Phi) is 4.60. The number of hydrogen-bond acceptors (Lipinski definition) is 2. The first-order valence-corrected chi connectivity index (χ1v) is 8.57. The summed E-state index contributed by atoms with van der Waals surface area (Å²) in [5.41, 5.74) is 1.55. The van der Waals surface area contributed by atoms with Gasteiger partial charge in [-0.1, -0.05) is 41.9 Å². The molecule has 0 aliphatic carbocycles. The van der Waals surface area contributed by atoms with Gasteiger partial charge in [-0.25, -0.2) is 4.98 Å². The molecule has 0 bridgehead atoms. The van der Waals surface area contributed by atoms with Crippen molar-refractivity contribution in [1.82, 2.24) is 9.97 Å². The summed E-state index contributed by atoms with van der Waals surface area (Å²) in [7, 11) is 0. The Bertz CT molecular complexity index is 857. The molecule has 2 aromatic carbocycles. The zero-order valence-corrected chi connectivity index (χ0v) is 14.1. The Morgan fingerprint density at radius 2 is 1.71 bits per heavy atom. The molecule has 0 saturated carbocycles. The van der Waals surface area contributed by atoms with Crippen LogP contribution in [0.25, 0.3) is 22.5 Å². The summed E-state index contributed by atoms with van der Waals surface area (Å²) < 4.78 is 39.3. The summed E-state index contributed by atoms with van der Waals surface area (Å²) in [5, 5.41) is 0.358. The molecule has 2 nitrogen and oxygen atoms in total. The highest BCUT2D eigenvalue weighted by Gasteiger charge is 2.36. The highest BCUT2D eigenvalue weighted by Crippen LogP contribution is 2.38. The Morgan fingerprint density at radius 1 is 1.04 bits per heavy atom. The average molecular weight is 369 g/mol. The fourth-order valence-electron chi connectivity index (χ4n) is 2.32. The van der Waals surface area contributed by atoms with Gasteiger partial charge in [-0.3, -0.25) is 0 Å². The van der Waals surface area contributed by atoms with Gasteiger partial charge in [0.1, 0.15) is 0 Å². The molecule has 3 aromatic rings. The maximum Gasteiger partial charge on any atom is 0.449 e. The molecule has 0 saturated heterocycles. The predicted octanol–water partition coefficient (Wildman–Crippen LogP) is 6.14. The minimum absolute atomic E-state index is 0.225. The Labute approximate surface area is 146 Å². The first kappa shape index (κ1) is 16.9. The van der Waals surface area contributed by atoms with Crippen molar-refractivity contribution in [1.29, 1.82) is 0 Å². The van der Waals surface area contributed by atoms with E-state index in [1.165, 1.54) is 0 Å². The second-order valence-corrected chi connectivity index (χ2v) is 6.30. The van der Waals surface area contributed by atoms with Crippen LogP contribution >= 0.6 is 23.4 Å². The van der Waals surface area contributed by atoms with Gasteiger partial charge in [-0.2, -0.15) is 13.2 Å². The number of halogens is 4. The van der Waals surface area contributed by atoms with E-state index in [1.807, 2.05) is 18.4 Å². The smallest absolute Gasteiger partial charge is 0.334 e. The first-order chi connectivity index (χ1) is 11.4. The summed E-state index contributed by atoms with van der Waals surface area (Å²) >= 11 is 7.71. The lowest BCUT2D eigenvalue weighted by atomic mass is 10.1. The zero-order chi connectivity index (χ0) is 17.3. The van der Waals surface area contributed by atoms with Crippen LogP contribution in [0.15, 0.2) is 53.4 Å². The Balaban J connectivity index is 2.20. The lowest BCUT2D eigenvalue weighted by molar-refractivity contribution is -0.144. The maximum absolute atomic E-state index is 13.1. The number of rotatable bonds is 3. The van der Waals surface area contributed by atoms with Crippen LogP contribution in [0, 0.1) is 0 Å². The molecule has 1 aromatic heterocycles. The lowest BCUT2D eigenvalue weighted by Crippen LogP contribution is -2.07. The second-order valence-electron chi connectivity index (χ2n) is 5.02. The summed E-state index contributed by atoms with van der Waals surface area (Å²) in [6, 6.07) is 13.9. The van der Waals surface area contributed by atoms with E-state index in [4.69, 9.17) is 11.6 Å². The monoisotopic (exact) mass is 368 g/mol. The number of imidazole rings is 1. The molecular formula is C17H12ClF3N2S. The van der Waals surface area contributed by atoms with Crippen LogP contribution in [0.1, 0.15) is 5.82 Å².